The van der Waals surface area contributed by atoms with Gasteiger partial charge in [-0.05, 0) is 18.9 Å². The summed E-state index contributed by atoms with van der Waals surface area (Å²) in [6.07, 6.45) is 0.984. The Bertz CT molecular complexity index is 296. The number of alkyl halides is 2. The summed E-state index contributed by atoms with van der Waals surface area (Å²) in [7, 11) is 1.71. The lowest BCUT2D eigenvalue weighted by Crippen LogP contribution is -2.34. The van der Waals surface area contributed by atoms with Gasteiger partial charge in [-0.1, -0.05) is 30.3 Å². The van der Waals surface area contributed by atoms with Crippen LogP contribution in [0, 0.1) is 0 Å². The SMILES string of the molecule is COC(C)CC(CCl)(CCl)c1ccccc1. The summed E-state index contributed by atoms with van der Waals surface area (Å²) >= 11 is 12.2. The molecule has 1 unspecified atom stereocenters. The van der Waals surface area contributed by atoms with E-state index in [1.807, 2.05) is 25.1 Å². The molecule has 1 atom stereocenters. The Kier molecular flexibility index (Phi) is 5.60. The predicted molar refractivity (Wildman–Crippen MR) is 70.6 cm³/mol. The fraction of sp³-hybridized carbons (Fsp3) is 0.538. The first-order valence-electron chi connectivity index (χ1n) is 5.39. The van der Waals surface area contributed by atoms with Crippen LogP contribution in [-0.4, -0.2) is 25.0 Å². The molecule has 0 radical (unpaired) electrons. The van der Waals surface area contributed by atoms with Crippen molar-refractivity contribution in [3.05, 3.63) is 35.9 Å². The van der Waals surface area contributed by atoms with Crippen LogP contribution in [-0.2, 0) is 10.2 Å². The molecule has 1 nitrogen and oxygen atoms in total. The Balaban J connectivity index is 2.96. The maximum atomic E-state index is 6.12. The summed E-state index contributed by atoms with van der Waals surface area (Å²) in [4.78, 5) is 0. The third kappa shape index (κ3) is 3.13. The fourth-order valence-electron chi connectivity index (χ4n) is 1.84. The molecule has 0 spiro atoms. The molecule has 0 aromatic heterocycles. The predicted octanol–water partition coefficient (Wildman–Crippen LogP) is 3.83. The van der Waals surface area contributed by atoms with Crippen molar-refractivity contribution in [2.45, 2.75) is 24.9 Å². The van der Waals surface area contributed by atoms with Crippen molar-refractivity contribution in [3.8, 4) is 0 Å². The maximum absolute atomic E-state index is 6.12. The highest BCUT2D eigenvalue weighted by Crippen LogP contribution is 2.32. The first-order valence-corrected chi connectivity index (χ1v) is 6.45. The van der Waals surface area contributed by atoms with Gasteiger partial charge in [0, 0.05) is 24.3 Å². The summed E-state index contributed by atoms with van der Waals surface area (Å²) in [5, 5.41) is 0. The van der Waals surface area contributed by atoms with Crippen LogP contribution in [0.3, 0.4) is 0 Å². The number of benzene rings is 1. The summed E-state index contributed by atoms with van der Waals surface area (Å²) < 4.78 is 5.31. The Labute approximate surface area is 108 Å². The average Bonchev–Trinajstić information content (AvgIpc) is 2.37. The van der Waals surface area contributed by atoms with Gasteiger partial charge in [-0.25, -0.2) is 0 Å². The van der Waals surface area contributed by atoms with Gasteiger partial charge < -0.3 is 4.74 Å². The second kappa shape index (κ2) is 6.48. The minimum atomic E-state index is -0.195. The van der Waals surface area contributed by atoms with E-state index in [1.165, 1.54) is 5.56 Å². The molecule has 0 aliphatic rings. The minimum Gasteiger partial charge on any atom is -0.382 e. The summed E-state index contributed by atoms with van der Waals surface area (Å²) in [6, 6.07) is 10.2. The van der Waals surface area contributed by atoms with E-state index in [-0.39, 0.29) is 11.5 Å². The molecule has 90 valence electrons. The number of hydrogen-bond donors (Lipinski definition) is 0. The van der Waals surface area contributed by atoms with E-state index in [1.54, 1.807) is 7.11 Å². The quantitative estimate of drug-likeness (QED) is 0.707. The normalized spacial score (nSPS) is 13.8. The van der Waals surface area contributed by atoms with Crippen LogP contribution in [0.4, 0.5) is 0 Å². The number of halogens is 2. The highest BCUT2D eigenvalue weighted by Gasteiger charge is 2.32. The van der Waals surface area contributed by atoms with E-state index < -0.39 is 0 Å². The van der Waals surface area contributed by atoms with E-state index in [4.69, 9.17) is 27.9 Å². The molecule has 0 aliphatic heterocycles. The smallest absolute Gasteiger partial charge is 0.0552 e. The zero-order chi connectivity index (χ0) is 12.0. The topological polar surface area (TPSA) is 9.23 Å². The van der Waals surface area contributed by atoms with Crippen LogP contribution in [0.25, 0.3) is 0 Å². The monoisotopic (exact) mass is 260 g/mol. The number of rotatable bonds is 6. The van der Waals surface area contributed by atoms with Crippen molar-refractivity contribution in [3.63, 3.8) is 0 Å². The van der Waals surface area contributed by atoms with E-state index in [2.05, 4.69) is 12.1 Å². The van der Waals surface area contributed by atoms with E-state index in [0.717, 1.165) is 6.42 Å². The van der Waals surface area contributed by atoms with Crippen molar-refractivity contribution in [2.24, 2.45) is 0 Å². The molecule has 0 bridgehead atoms. The van der Waals surface area contributed by atoms with Crippen LogP contribution in [0.15, 0.2) is 30.3 Å². The second-order valence-corrected chi connectivity index (χ2v) is 4.70. The Morgan fingerprint density at radius 1 is 1.19 bits per heavy atom. The molecule has 1 aromatic carbocycles. The lowest BCUT2D eigenvalue weighted by atomic mass is 9.79. The molecule has 16 heavy (non-hydrogen) atoms. The molecule has 0 heterocycles. The zero-order valence-corrected chi connectivity index (χ0v) is 11.3. The van der Waals surface area contributed by atoms with Gasteiger partial charge in [0.15, 0.2) is 0 Å². The molecule has 3 heteroatoms. The molecule has 0 fully saturated rings. The van der Waals surface area contributed by atoms with Gasteiger partial charge >= 0.3 is 0 Å². The van der Waals surface area contributed by atoms with Crippen LogP contribution < -0.4 is 0 Å². The van der Waals surface area contributed by atoms with Gasteiger partial charge in [0.2, 0.25) is 0 Å². The highest BCUT2D eigenvalue weighted by atomic mass is 35.5. The van der Waals surface area contributed by atoms with Gasteiger partial charge in [-0.15, -0.1) is 23.2 Å². The molecule has 1 aromatic rings. The molecule has 0 N–H and O–H groups in total. The van der Waals surface area contributed by atoms with E-state index in [9.17, 15) is 0 Å². The van der Waals surface area contributed by atoms with Gasteiger partial charge in [0.05, 0.1) is 6.10 Å². The van der Waals surface area contributed by atoms with Gasteiger partial charge in [-0.2, -0.15) is 0 Å². The minimum absolute atomic E-state index is 0.151. The van der Waals surface area contributed by atoms with Gasteiger partial charge in [0.25, 0.3) is 0 Å². The largest absolute Gasteiger partial charge is 0.382 e. The Morgan fingerprint density at radius 2 is 1.75 bits per heavy atom. The number of methoxy groups -OCH3 is 1. The van der Waals surface area contributed by atoms with Crippen molar-refractivity contribution in [1.29, 1.82) is 0 Å². The van der Waals surface area contributed by atoms with Crippen molar-refractivity contribution < 1.29 is 4.74 Å². The van der Waals surface area contributed by atoms with Gasteiger partial charge in [-0.3, -0.25) is 0 Å². The lowest BCUT2D eigenvalue weighted by Gasteiger charge is -2.32. The molecule has 0 saturated heterocycles. The second-order valence-electron chi connectivity index (χ2n) is 4.16. The Hall–Kier alpha value is -0.240. The van der Waals surface area contributed by atoms with Crippen LogP contribution in [0.2, 0.25) is 0 Å². The van der Waals surface area contributed by atoms with Crippen LogP contribution in [0.5, 0.6) is 0 Å². The van der Waals surface area contributed by atoms with Gasteiger partial charge in [0.1, 0.15) is 0 Å². The zero-order valence-electron chi connectivity index (χ0n) is 9.75. The number of hydrogen-bond acceptors (Lipinski definition) is 1. The average molecular weight is 261 g/mol. The van der Waals surface area contributed by atoms with E-state index >= 15 is 0 Å². The summed E-state index contributed by atoms with van der Waals surface area (Å²) in [5.74, 6) is 1.02. The third-order valence-electron chi connectivity index (χ3n) is 2.98. The van der Waals surface area contributed by atoms with Crippen LogP contribution >= 0.6 is 23.2 Å². The van der Waals surface area contributed by atoms with Crippen molar-refractivity contribution >= 4 is 23.2 Å². The molecule has 1 rings (SSSR count). The number of ether oxygens (including phenoxy) is 1. The molecule has 0 aliphatic carbocycles. The first-order chi connectivity index (χ1) is 7.68. The first kappa shape index (κ1) is 13.8. The van der Waals surface area contributed by atoms with E-state index in [0.29, 0.717) is 11.8 Å². The molecule has 0 saturated carbocycles. The lowest BCUT2D eigenvalue weighted by molar-refractivity contribution is 0.0938. The fourth-order valence-corrected chi connectivity index (χ4v) is 2.65. The van der Waals surface area contributed by atoms with Crippen LogP contribution in [0.1, 0.15) is 18.9 Å². The van der Waals surface area contributed by atoms with Crippen molar-refractivity contribution in [1.82, 2.24) is 0 Å². The molecule has 0 amide bonds. The maximum Gasteiger partial charge on any atom is 0.0552 e. The molecular formula is C13H18Cl2O. The molecular weight excluding hydrogens is 243 g/mol. The van der Waals surface area contributed by atoms with Crippen molar-refractivity contribution in [2.75, 3.05) is 18.9 Å². The standard InChI is InChI=1S/C13H18Cl2O/c1-11(16-2)8-13(9-14,10-15)12-6-4-3-5-7-12/h3-7,11H,8-10H2,1-2H3. The third-order valence-corrected chi connectivity index (χ3v) is 4.00. The summed E-state index contributed by atoms with van der Waals surface area (Å²) in [5.41, 5.74) is 0.990. The summed E-state index contributed by atoms with van der Waals surface area (Å²) in [6.45, 7) is 2.04. The highest BCUT2D eigenvalue weighted by molar-refractivity contribution is 6.22. The Morgan fingerprint density at radius 3 is 2.19 bits per heavy atom.